The Morgan fingerprint density at radius 2 is 2.21 bits per heavy atom. The average Bonchev–Trinajstić information content (AvgIpc) is 2.72. The van der Waals surface area contributed by atoms with Crippen LogP contribution in [-0.2, 0) is 7.05 Å². The van der Waals surface area contributed by atoms with Crippen LogP contribution in [0.15, 0.2) is 18.9 Å². The minimum absolute atomic E-state index is 0.456. The molecule has 0 fully saturated rings. The molecule has 0 radical (unpaired) electrons. The van der Waals surface area contributed by atoms with Gasteiger partial charge < -0.3 is 5.32 Å². The molecule has 0 aliphatic heterocycles. The summed E-state index contributed by atoms with van der Waals surface area (Å²) in [5.74, 6) is 0. The molecule has 0 saturated carbocycles. The third-order valence-corrected chi connectivity index (χ3v) is 3.47. The largest absolute Gasteiger partial charge is 0.310 e. The Kier molecular flexibility index (Phi) is 7.49. The fourth-order valence-corrected chi connectivity index (χ4v) is 2.46. The summed E-state index contributed by atoms with van der Waals surface area (Å²) in [6.07, 6.45) is 11.5. The van der Waals surface area contributed by atoms with Gasteiger partial charge in [-0.1, -0.05) is 25.8 Å². The lowest BCUT2D eigenvalue weighted by atomic mass is 10.0. The molecule has 0 bridgehead atoms. The molecule has 0 aromatic carbocycles. The Morgan fingerprint density at radius 1 is 1.42 bits per heavy atom. The molecule has 0 spiro atoms. The second kappa shape index (κ2) is 8.92. The SMILES string of the molecule is C=CCCCCCC(NCCC)c1cn(C)nc1C. The van der Waals surface area contributed by atoms with Crippen molar-refractivity contribution in [2.24, 2.45) is 7.05 Å². The van der Waals surface area contributed by atoms with Crippen molar-refractivity contribution >= 4 is 0 Å². The van der Waals surface area contributed by atoms with Crippen molar-refractivity contribution in [3.05, 3.63) is 30.1 Å². The smallest absolute Gasteiger partial charge is 0.0641 e. The number of unbranched alkanes of at least 4 members (excludes halogenated alkanes) is 3. The Balaban J connectivity index is 2.51. The van der Waals surface area contributed by atoms with E-state index in [1.807, 2.05) is 17.8 Å². The highest BCUT2D eigenvalue weighted by atomic mass is 15.3. The van der Waals surface area contributed by atoms with E-state index in [9.17, 15) is 0 Å². The number of hydrogen-bond donors (Lipinski definition) is 1. The Labute approximate surface area is 118 Å². The highest BCUT2D eigenvalue weighted by Crippen LogP contribution is 2.22. The van der Waals surface area contributed by atoms with Crippen LogP contribution in [-0.4, -0.2) is 16.3 Å². The zero-order chi connectivity index (χ0) is 14.1. The molecule has 1 unspecified atom stereocenters. The second-order valence-corrected chi connectivity index (χ2v) is 5.28. The Hall–Kier alpha value is -1.09. The van der Waals surface area contributed by atoms with Crippen molar-refractivity contribution in [1.82, 2.24) is 15.1 Å². The van der Waals surface area contributed by atoms with E-state index in [-0.39, 0.29) is 0 Å². The fourth-order valence-electron chi connectivity index (χ4n) is 2.46. The van der Waals surface area contributed by atoms with Crippen LogP contribution in [0.1, 0.15) is 62.7 Å². The molecule has 1 heterocycles. The van der Waals surface area contributed by atoms with Crippen LogP contribution in [0.25, 0.3) is 0 Å². The van der Waals surface area contributed by atoms with Crippen LogP contribution in [0, 0.1) is 6.92 Å². The summed E-state index contributed by atoms with van der Waals surface area (Å²) in [5.41, 5.74) is 2.52. The molecular formula is C16H29N3. The van der Waals surface area contributed by atoms with Gasteiger partial charge in [-0.2, -0.15) is 5.10 Å². The molecule has 3 nitrogen and oxygen atoms in total. The minimum atomic E-state index is 0.456. The van der Waals surface area contributed by atoms with Crippen molar-refractivity contribution in [3.8, 4) is 0 Å². The van der Waals surface area contributed by atoms with Gasteiger partial charge in [-0.15, -0.1) is 6.58 Å². The van der Waals surface area contributed by atoms with E-state index in [1.165, 1.54) is 37.7 Å². The number of aryl methyl sites for hydroxylation is 2. The molecule has 3 heteroatoms. The quantitative estimate of drug-likeness (QED) is 0.512. The van der Waals surface area contributed by atoms with Gasteiger partial charge in [-0.25, -0.2) is 0 Å². The number of hydrogen-bond acceptors (Lipinski definition) is 2. The number of rotatable bonds is 10. The zero-order valence-corrected chi connectivity index (χ0v) is 12.8. The first-order valence-corrected chi connectivity index (χ1v) is 7.53. The second-order valence-electron chi connectivity index (χ2n) is 5.28. The molecule has 19 heavy (non-hydrogen) atoms. The van der Waals surface area contributed by atoms with Gasteiger partial charge in [0.15, 0.2) is 0 Å². The maximum atomic E-state index is 4.46. The maximum absolute atomic E-state index is 4.46. The van der Waals surface area contributed by atoms with E-state index in [1.54, 1.807) is 0 Å². The molecule has 0 aliphatic carbocycles. The molecule has 1 rings (SSSR count). The lowest BCUT2D eigenvalue weighted by Gasteiger charge is -2.18. The standard InChI is InChI=1S/C16H29N3/c1-5-7-8-9-10-11-16(17-12-6-2)15-13-19(4)18-14(15)3/h5,13,16-17H,1,6-12H2,2-4H3. The van der Waals surface area contributed by atoms with E-state index in [4.69, 9.17) is 0 Å². The van der Waals surface area contributed by atoms with Crippen molar-refractivity contribution in [3.63, 3.8) is 0 Å². The van der Waals surface area contributed by atoms with Gasteiger partial charge in [-0.3, -0.25) is 4.68 Å². The van der Waals surface area contributed by atoms with Gasteiger partial charge in [0.25, 0.3) is 0 Å². The predicted molar refractivity (Wildman–Crippen MR) is 82.3 cm³/mol. The first-order valence-electron chi connectivity index (χ1n) is 7.53. The van der Waals surface area contributed by atoms with Crippen LogP contribution in [0.3, 0.4) is 0 Å². The number of aromatic nitrogens is 2. The highest BCUT2D eigenvalue weighted by molar-refractivity contribution is 5.20. The van der Waals surface area contributed by atoms with Gasteiger partial charge >= 0.3 is 0 Å². The summed E-state index contributed by atoms with van der Waals surface area (Å²) >= 11 is 0. The molecule has 0 aliphatic rings. The van der Waals surface area contributed by atoms with Gasteiger partial charge in [0.2, 0.25) is 0 Å². The topological polar surface area (TPSA) is 29.9 Å². The predicted octanol–water partition coefficient (Wildman–Crippen LogP) is 3.91. The van der Waals surface area contributed by atoms with Gasteiger partial charge in [0.1, 0.15) is 0 Å². The van der Waals surface area contributed by atoms with E-state index in [2.05, 4.69) is 37.0 Å². The van der Waals surface area contributed by atoms with Gasteiger partial charge in [-0.05, 0) is 39.2 Å². The van der Waals surface area contributed by atoms with E-state index in [0.717, 1.165) is 18.7 Å². The number of nitrogens with one attached hydrogen (secondary N) is 1. The monoisotopic (exact) mass is 263 g/mol. The van der Waals surface area contributed by atoms with Gasteiger partial charge in [0.05, 0.1) is 5.69 Å². The lowest BCUT2D eigenvalue weighted by molar-refractivity contribution is 0.470. The van der Waals surface area contributed by atoms with Crippen molar-refractivity contribution in [1.29, 1.82) is 0 Å². The lowest BCUT2D eigenvalue weighted by Crippen LogP contribution is -2.22. The molecular weight excluding hydrogens is 234 g/mol. The number of nitrogens with zero attached hydrogens (tertiary/aromatic N) is 2. The maximum Gasteiger partial charge on any atom is 0.0641 e. The van der Waals surface area contributed by atoms with E-state index < -0.39 is 0 Å². The summed E-state index contributed by atoms with van der Waals surface area (Å²) in [6, 6.07) is 0.456. The highest BCUT2D eigenvalue weighted by Gasteiger charge is 2.15. The normalized spacial score (nSPS) is 12.6. The van der Waals surface area contributed by atoms with E-state index in [0.29, 0.717) is 6.04 Å². The zero-order valence-electron chi connectivity index (χ0n) is 12.8. The first-order chi connectivity index (χ1) is 9.19. The van der Waals surface area contributed by atoms with Crippen molar-refractivity contribution in [2.75, 3.05) is 6.54 Å². The average molecular weight is 263 g/mol. The third-order valence-electron chi connectivity index (χ3n) is 3.47. The van der Waals surface area contributed by atoms with Crippen LogP contribution in [0.5, 0.6) is 0 Å². The van der Waals surface area contributed by atoms with Crippen molar-refractivity contribution < 1.29 is 0 Å². The summed E-state index contributed by atoms with van der Waals surface area (Å²) in [7, 11) is 2.00. The molecule has 1 aromatic heterocycles. The fraction of sp³-hybridized carbons (Fsp3) is 0.688. The summed E-state index contributed by atoms with van der Waals surface area (Å²) in [5, 5.41) is 8.12. The Morgan fingerprint density at radius 3 is 2.79 bits per heavy atom. The molecule has 1 atom stereocenters. The summed E-state index contributed by atoms with van der Waals surface area (Å²) in [6.45, 7) is 9.16. The third kappa shape index (κ3) is 5.60. The first kappa shape index (κ1) is 16.0. The molecule has 0 amide bonds. The van der Waals surface area contributed by atoms with Crippen LogP contribution in [0.2, 0.25) is 0 Å². The summed E-state index contributed by atoms with van der Waals surface area (Å²) in [4.78, 5) is 0. The molecule has 1 aromatic rings. The minimum Gasteiger partial charge on any atom is -0.310 e. The van der Waals surface area contributed by atoms with Crippen LogP contribution >= 0.6 is 0 Å². The Bertz CT molecular complexity index is 368. The summed E-state index contributed by atoms with van der Waals surface area (Å²) < 4.78 is 1.92. The molecule has 1 N–H and O–H groups in total. The molecule has 0 saturated heterocycles. The van der Waals surface area contributed by atoms with Crippen molar-refractivity contribution in [2.45, 2.75) is 58.4 Å². The number of allylic oxidation sites excluding steroid dienone is 1. The van der Waals surface area contributed by atoms with E-state index >= 15 is 0 Å². The molecule has 108 valence electrons. The van der Waals surface area contributed by atoms with Gasteiger partial charge in [0, 0.05) is 24.8 Å². The van der Waals surface area contributed by atoms with Crippen LogP contribution in [0.4, 0.5) is 0 Å². The van der Waals surface area contributed by atoms with Crippen LogP contribution < -0.4 is 5.32 Å².